The first kappa shape index (κ1) is 12.0. The Kier molecular flexibility index (Phi) is 2.80. The highest BCUT2D eigenvalue weighted by atomic mass is 32.2. The van der Waals surface area contributed by atoms with Gasteiger partial charge in [-0.15, -0.1) is 0 Å². The fourth-order valence-electron chi connectivity index (χ4n) is 2.15. The van der Waals surface area contributed by atoms with Gasteiger partial charge in [0, 0.05) is 33.1 Å². The molecule has 1 saturated heterocycles. The smallest absolute Gasteiger partial charge is 0.282 e. The van der Waals surface area contributed by atoms with Crippen LogP contribution in [0.15, 0.2) is 18.2 Å². The zero-order valence-electron chi connectivity index (χ0n) is 10.3. The molecule has 0 unspecified atom stereocenters. The topological polar surface area (TPSA) is 49.6 Å². The van der Waals surface area contributed by atoms with Crippen LogP contribution in [-0.2, 0) is 23.2 Å². The van der Waals surface area contributed by atoms with Gasteiger partial charge in [0.25, 0.3) is 10.2 Å². The quantitative estimate of drug-likeness (QED) is 0.752. The lowest BCUT2D eigenvalue weighted by Gasteiger charge is -2.17. The molecule has 0 atom stereocenters. The van der Waals surface area contributed by atoms with E-state index >= 15 is 0 Å². The van der Waals surface area contributed by atoms with Gasteiger partial charge in [-0.2, -0.15) is 17.0 Å². The van der Waals surface area contributed by atoms with E-state index in [2.05, 4.69) is 0 Å². The molecule has 2 aliphatic heterocycles. The van der Waals surface area contributed by atoms with Crippen molar-refractivity contribution >= 4 is 10.2 Å². The van der Waals surface area contributed by atoms with Crippen molar-refractivity contribution in [3.8, 4) is 5.75 Å². The van der Waals surface area contributed by atoms with Gasteiger partial charge in [0.1, 0.15) is 5.75 Å². The van der Waals surface area contributed by atoms with Crippen LogP contribution in [0.25, 0.3) is 0 Å². The molecule has 2 aliphatic rings. The summed E-state index contributed by atoms with van der Waals surface area (Å²) < 4.78 is 32.2. The number of nitrogens with zero attached hydrogens (tertiary/aromatic N) is 2. The van der Waals surface area contributed by atoms with Crippen LogP contribution in [0, 0.1) is 0 Å². The molecule has 3 rings (SSSR count). The van der Waals surface area contributed by atoms with Crippen molar-refractivity contribution in [3.63, 3.8) is 0 Å². The molecule has 2 heterocycles. The predicted octanol–water partition coefficient (Wildman–Crippen LogP) is 0.614. The highest BCUT2D eigenvalue weighted by Gasteiger charge is 2.35. The summed E-state index contributed by atoms with van der Waals surface area (Å²) in [7, 11) is -1.62. The summed E-state index contributed by atoms with van der Waals surface area (Å²) in [6.45, 7) is 2.42. The average Bonchev–Trinajstić information content (AvgIpc) is 3.09. The van der Waals surface area contributed by atoms with Crippen molar-refractivity contribution in [1.29, 1.82) is 0 Å². The SMILES string of the molecule is CN(Cc1ccc2c(c1)CCO2)S(=O)(=O)N1CC1. The molecule has 1 aromatic carbocycles. The average molecular weight is 268 g/mol. The summed E-state index contributed by atoms with van der Waals surface area (Å²) in [5.41, 5.74) is 2.18. The van der Waals surface area contributed by atoms with Crippen LogP contribution in [0.2, 0.25) is 0 Å². The lowest BCUT2D eigenvalue weighted by atomic mass is 10.1. The van der Waals surface area contributed by atoms with E-state index in [0.29, 0.717) is 19.6 Å². The van der Waals surface area contributed by atoms with Crippen molar-refractivity contribution in [2.45, 2.75) is 13.0 Å². The van der Waals surface area contributed by atoms with Crippen LogP contribution in [0.5, 0.6) is 5.75 Å². The van der Waals surface area contributed by atoms with Crippen molar-refractivity contribution in [3.05, 3.63) is 29.3 Å². The zero-order chi connectivity index (χ0) is 12.8. The van der Waals surface area contributed by atoms with E-state index in [4.69, 9.17) is 4.74 Å². The van der Waals surface area contributed by atoms with Gasteiger partial charge in [-0.25, -0.2) is 0 Å². The minimum atomic E-state index is -3.24. The van der Waals surface area contributed by atoms with Crippen molar-refractivity contribution in [2.75, 3.05) is 26.7 Å². The summed E-state index contributed by atoms with van der Waals surface area (Å²) in [5.74, 6) is 0.926. The fraction of sp³-hybridized carbons (Fsp3) is 0.500. The highest BCUT2D eigenvalue weighted by Crippen LogP contribution is 2.27. The molecule has 5 nitrogen and oxygen atoms in total. The van der Waals surface area contributed by atoms with E-state index in [1.165, 1.54) is 14.2 Å². The van der Waals surface area contributed by atoms with E-state index in [0.717, 1.165) is 24.3 Å². The number of hydrogen-bond donors (Lipinski definition) is 0. The van der Waals surface area contributed by atoms with Gasteiger partial charge in [-0.05, 0) is 17.2 Å². The largest absolute Gasteiger partial charge is 0.493 e. The zero-order valence-corrected chi connectivity index (χ0v) is 11.1. The molecule has 0 bridgehead atoms. The van der Waals surface area contributed by atoms with Gasteiger partial charge in [-0.3, -0.25) is 0 Å². The Morgan fingerprint density at radius 1 is 1.39 bits per heavy atom. The third-order valence-electron chi connectivity index (χ3n) is 3.29. The maximum Gasteiger partial charge on any atom is 0.282 e. The molecule has 0 N–H and O–H groups in total. The van der Waals surface area contributed by atoms with Crippen molar-refractivity contribution in [2.24, 2.45) is 0 Å². The molecule has 0 radical (unpaired) electrons. The lowest BCUT2D eigenvalue weighted by molar-refractivity contribution is 0.356. The number of fused-ring (bicyclic) bond motifs is 1. The summed E-state index contributed by atoms with van der Waals surface area (Å²) in [6, 6.07) is 5.89. The van der Waals surface area contributed by atoms with E-state index < -0.39 is 10.2 Å². The number of rotatable bonds is 4. The van der Waals surface area contributed by atoms with Crippen LogP contribution in [-0.4, -0.2) is 43.8 Å². The van der Waals surface area contributed by atoms with Crippen LogP contribution in [0.1, 0.15) is 11.1 Å². The number of ether oxygens (including phenoxy) is 1. The van der Waals surface area contributed by atoms with E-state index in [1.54, 1.807) is 7.05 Å². The molecule has 0 aromatic heterocycles. The highest BCUT2D eigenvalue weighted by molar-refractivity contribution is 7.86. The van der Waals surface area contributed by atoms with Crippen LogP contribution >= 0.6 is 0 Å². The summed E-state index contributed by atoms with van der Waals surface area (Å²) in [6.07, 6.45) is 0.908. The minimum absolute atomic E-state index is 0.409. The molecule has 98 valence electrons. The van der Waals surface area contributed by atoms with E-state index in [-0.39, 0.29) is 0 Å². The Hall–Kier alpha value is -1.11. The lowest BCUT2D eigenvalue weighted by Crippen LogP contribution is -2.31. The molecule has 0 aliphatic carbocycles. The predicted molar refractivity (Wildman–Crippen MR) is 67.6 cm³/mol. The Bertz CT molecular complexity index is 567. The molecule has 6 heteroatoms. The molecule has 0 spiro atoms. The second-order valence-electron chi connectivity index (χ2n) is 4.70. The van der Waals surface area contributed by atoms with Crippen LogP contribution < -0.4 is 4.74 Å². The summed E-state index contributed by atoms with van der Waals surface area (Å²) in [5, 5.41) is 0. The first-order valence-corrected chi connectivity index (χ1v) is 7.43. The molecular formula is C12H16N2O3S. The van der Waals surface area contributed by atoms with Gasteiger partial charge < -0.3 is 4.74 Å². The van der Waals surface area contributed by atoms with Crippen molar-refractivity contribution in [1.82, 2.24) is 8.61 Å². The van der Waals surface area contributed by atoms with Gasteiger partial charge in [0.05, 0.1) is 6.61 Å². The Labute approximate surface area is 107 Å². The molecule has 0 amide bonds. The second-order valence-corrected chi connectivity index (χ2v) is 6.74. The maximum absolute atomic E-state index is 12.0. The summed E-state index contributed by atoms with van der Waals surface area (Å²) >= 11 is 0. The van der Waals surface area contributed by atoms with E-state index in [1.807, 2.05) is 18.2 Å². The van der Waals surface area contributed by atoms with Gasteiger partial charge in [-0.1, -0.05) is 12.1 Å². The number of hydrogen-bond acceptors (Lipinski definition) is 3. The molecular weight excluding hydrogens is 252 g/mol. The van der Waals surface area contributed by atoms with E-state index in [9.17, 15) is 8.42 Å². The first-order valence-electron chi connectivity index (χ1n) is 6.03. The normalized spacial score (nSPS) is 18.8. The Morgan fingerprint density at radius 2 is 2.17 bits per heavy atom. The fourth-order valence-corrected chi connectivity index (χ4v) is 3.40. The third-order valence-corrected chi connectivity index (χ3v) is 5.22. The number of benzene rings is 1. The van der Waals surface area contributed by atoms with Gasteiger partial charge in [0.2, 0.25) is 0 Å². The molecule has 0 saturated carbocycles. The van der Waals surface area contributed by atoms with Gasteiger partial charge >= 0.3 is 0 Å². The molecule has 1 aromatic rings. The summed E-state index contributed by atoms with van der Waals surface area (Å²) in [4.78, 5) is 0. The van der Waals surface area contributed by atoms with Crippen molar-refractivity contribution < 1.29 is 13.2 Å². The third kappa shape index (κ3) is 2.11. The standard InChI is InChI=1S/C12H16N2O3S/c1-13(18(15,16)14-5-6-14)9-10-2-3-12-11(8-10)4-7-17-12/h2-3,8H,4-7,9H2,1H3. The maximum atomic E-state index is 12.0. The molecule has 1 fully saturated rings. The minimum Gasteiger partial charge on any atom is -0.493 e. The Morgan fingerprint density at radius 3 is 2.89 bits per heavy atom. The molecule has 18 heavy (non-hydrogen) atoms. The first-order chi connectivity index (χ1) is 8.57. The Balaban J connectivity index is 1.76. The van der Waals surface area contributed by atoms with Gasteiger partial charge in [0.15, 0.2) is 0 Å². The second kappa shape index (κ2) is 4.22. The van der Waals surface area contributed by atoms with Crippen LogP contribution in [0.3, 0.4) is 0 Å². The monoisotopic (exact) mass is 268 g/mol. The van der Waals surface area contributed by atoms with Crippen LogP contribution in [0.4, 0.5) is 0 Å².